The van der Waals surface area contributed by atoms with Gasteiger partial charge in [0.1, 0.15) is 5.78 Å². The maximum Gasteiger partial charge on any atom is 0.138 e. The number of ketones is 1. The molecule has 0 aromatic rings. The van der Waals surface area contributed by atoms with Crippen molar-refractivity contribution in [3.8, 4) is 0 Å². The Balaban J connectivity index is 1.62. The van der Waals surface area contributed by atoms with Crippen LogP contribution >= 0.6 is 0 Å². The third-order valence-electron chi connectivity index (χ3n) is 12.9. The van der Waals surface area contributed by atoms with Crippen LogP contribution in [-0.4, -0.2) is 28.2 Å². The molecular weight excluding hydrogens is 408 g/mol. The predicted octanol–water partition coefficient (Wildman–Crippen LogP) is 6.17. The lowest BCUT2D eigenvalue weighted by Crippen LogP contribution is -2.65. The van der Waals surface area contributed by atoms with Crippen molar-refractivity contribution in [2.45, 2.75) is 113 Å². The number of hydrogen-bond donors (Lipinski definition) is 2. The van der Waals surface area contributed by atoms with E-state index < -0.39 is 6.10 Å². The van der Waals surface area contributed by atoms with Crippen LogP contribution in [0.2, 0.25) is 0 Å². The summed E-state index contributed by atoms with van der Waals surface area (Å²) in [6.45, 7) is 18.7. The van der Waals surface area contributed by atoms with Crippen LogP contribution in [0.4, 0.5) is 0 Å². The largest absolute Gasteiger partial charge is 0.393 e. The summed E-state index contributed by atoms with van der Waals surface area (Å²) >= 11 is 0. The molecule has 0 aromatic heterocycles. The first kappa shape index (κ1) is 24.0. The van der Waals surface area contributed by atoms with E-state index in [1.807, 2.05) is 0 Å². The summed E-state index contributed by atoms with van der Waals surface area (Å²) in [7, 11) is 0. The summed E-state index contributed by atoms with van der Waals surface area (Å²) in [4.78, 5) is 12.9. The SMILES string of the molecule is CC(C)[C@@H]1C[C@@H](O)[C@H]2[C@@]1(C)CC[C@@]1(C)[C@H]3C(=CC[C@]21C)[C@@]1(C)CCC(=O)C(C)(C)[C@H]1C[C@@H]3O. The predicted molar refractivity (Wildman–Crippen MR) is 132 cm³/mol. The Hall–Kier alpha value is -0.670. The number of rotatable bonds is 1. The van der Waals surface area contributed by atoms with E-state index in [0.29, 0.717) is 24.0 Å². The summed E-state index contributed by atoms with van der Waals surface area (Å²) in [5, 5.41) is 23.3. The number of carbonyl (C=O) groups excluding carboxylic acids is 1. The lowest BCUT2D eigenvalue weighted by Gasteiger charge is -2.69. The summed E-state index contributed by atoms with van der Waals surface area (Å²) in [5.74, 6) is 2.12. The number of aliphatic hydroxyl groups is 2. The molecule has 0 spiro atoms. The van der Waals surface area contributed by atoms with Crippen LogP contribution in [0.3, 0.4) is 0 Å². The fraction of sp³-hybridized carbons (Fsp3) is 0.900. The zero-order valence-electron chi connectivity index (χ0n) is 22.4. The minimum atomic E-state index is -0.409. The average Bonchev–Trinajstić information content (AvgIpc) is 3.00. The zero-order chi connectivity index (χ0) is 24.4. The van der Waals surface area contributed by atoms with E-state index in [1.165, 1.54) is 5.57 Å². The van der Waals surface area contributed by atoms with E-state index in [4.69, 9.17) is 0 Å². The molecule has 4 saturated carbocycles. The van der Waals surface area contributed by atoms with Gasteiger partial charge in [0.2, 0.25) is 0 Å². The Bertz CT molecular complexity index is 887. The topological polar surface area (TPSA) is 57.5 Å². The molecule has 3 heteroatoms. The van der Waals surface area contributed by atoms with E-state index in [0.717, 1.165) is 38.5 Å². The highest BCUT2D eigenvalue weighted by Crippen LogP contribution is 2.76. The van der Waals surface area contributed by atoms with E-state index >= 15 is 0 Å². The highest BCUT2D eigenvalue weighted by atomic mass is 16.3. The molecule has 0 heterocycles. The molecule has 0 aromatic carbocycles. The first-order valence-corrected chi connectivity index (χ1v) is 13.7. The minimum Gasteiger partial charge on any atom is -0.393 e. The number of hydrogen-bond acceptors (Lipinski definition) is 3. The van der Waals surface area contributed by atoms with Gasteiger partial charge in [0.25, 0.3) is 0 Å². The Labute approximate surface area is 201 Å². The van der Waals surface area contributed by atoms with Crippen LogP contribution in [-0.2, 0) is 4.79 Å². The van der Waals surface area contributed by atoms with Crippen LogP contribution < -0.4 is 0 Å². The van der Waals surface area contributed by atoms with Crippen molar-refractivity contribution in [2.75, 3.05) is 0 Å². The van der Waals surface area contributed by atoms with Crippen LogP contribution in [0, 0.1) is 56.7 Å². The van der Waals surface area contributed by atoms with Crippen molar-refractivity contribution >= 4 is 5.78 Å². The van der Waals surface area contributed by atoms with Gasteiger partial charge in [-0.25, -0.2) is 0 Å². The standard InChI is InChI=1S/C30H48O3/c1-17(2)19-15-21(32)25-28(19,6)13-14-29(7)24-18(9-12-30(25,29)8)27(5)11-10-23(33)26(3,4)22(27)16-20(24)31/h9,17,19-22,24-25,31-32H,10-16H2,1-8H3/t19-,20-,21+,22+,24-,25-,27+,28-,29-,30+/m0/s1. The van der Waals surface area contributed by atoms with Crippen LogP contribution in [0.1, 0.15) is 100 Å². The van der Waals surface area contributed by atoms with Gasteiger partial charge in [0.05, 0.1) is 12.2 Å². The van der Waals surface area contributed by atoms with Crippen molar-refractivity contribution in [2.24, 2.45) is 56.7 Å². The third-order valence-corrected chi connectivity index (χ3v) is 12.9. The first-order valence-electron chi connectivity index (χ1n) is 13.7. The lowest BCUT2D eigenvalue weighted by atomic mass is 9.35. The van der Waals surface area contributed by atoms with Crippen molar-refractivity contribution < 1.29 is 15.0 Å². The van der Waals surface area contributed by atoms with Crippen LogP contribution in [0.25, 0.3) is 0 Å². The second-order valence-electron chi connectivity index (χ2n) is 14.7. The highest BCUT2D eigenvalue weighted by Gasteiger charge is 2.71. The Morgan fingerprint density at radius 3 is 2.21 bits per heavy atom. The highest BCUT2D eigenvalue weighted by molar-refractivity contribution is 5.85. The summed E-state index contributed by atoms with van der Waals surface area (Å²) in [6, 6.07) is 0. The van der Waals surface area contributed by atoms with E-state index in [-0.39, 0.29) is 50.9 Å². The van der Waals surface area contributed by atoms with Crippen LogP contribution in [0.5, 0.6) is 0 Å². The Morgan fingerprint density at radius 2 is 1.58 bits per heavy atom. The molecule has 4 fully saturated rings. The average molecular weight is 457 g/mol. The van der Waals surface area contributed by atoms with Gasteiger partial charge in [0, 0.05) is 17.8 Å². The van der Waals surface area contributed by atoms with Gasteiger partial charge in [-0.05, 0) is 83.9 Å². The molecular formula is C30H48O3. The monoisotopic (exact) mass is 456 g/mol. The number of Topliss-reactive ketones (excluding diaryl/α,β-unsaturated/α-hetero) is 1. The fourth-order valence-electron chi connectivity index (χ4n) is 11.1. The summed E-state index contributed by atoms with van der Waals surface area (Å²) < 4.78 is 0. The molecule has 0 aliphatic heterocycles. The van der Waals surface area contributed by atoms with Crippen molar-refractivity contribution in [1.29, 1.82) is 0 Å². The van der Waals surface area contributed by atoms with Gasteiger partial charge in [0.15, 0.2) is 0 Å². The third kappa shape index (κ3) is 2.73. The van der Waals surface area contributed by atoms with Gasteiger partial charge in [-0.15, -0.1) is 0 Å². The number of allylic oxidation sites excluding steroid dienone is 1. The van der Waals surface area contributed by atoms with Gasteiger partial charge in [-0.2, -0.15) is 0 Å². The Kier molecular flexibility index (Phi) is 5.07. The number of fused-ring (bicyclic) bond motifs is 7. The Morgan fingerprint density at radius 1 is 0.909 bits per heavy atom. The minimum absolute atomic E-state index is 0.0127. The summed E-state index contributed by atoms with van der Waals surface area (Å²) in [6.07, 6.45) is 8.30. The molecule has 0 saturated heterocycles. The fourth-order valence-corrected chi connectivity index (χ4v) is 11.1. The van der Waals surface area contributed by atoms with Gasteiger partial charge in [-0.1, -0.05) is 67.0 Å². The van der Waals surface area contributed by atoms with Crippen molar-refractivity contribution in [3.05, 3.63) is 11.6 Å². The molecule has 0 amide bonds. The molecule has 0 bridgehead atoms. The smallest absolute Gasteiger partial charge is 0.138 e. The molecule has 10 atom stereocenters. The maximum atomic E-state index is 12.9. The molecule has 33 heavy (non-hydrogen) atoms. The molecule has 5 aliphatic rings. The van der Waals surface area contributed by atoms with Crippen molar-refractivity contribution in [3.63, 3.8) is 0 Å². The molecule has 5 aliphatic carbocycles. The second-order valence-corrected chi connectivity index (χ2v) is 14.7. The first-order chi connectivity index (χ1) is 15.1. The quantitative estimate of drug-likeness (QED) is 0.464. The van der Waals surface area contributed by atoms with Crippen LogP contribution in [0.15, 0.2) is 11.6 Å². The van der Waals surface area contributed by atoms with Gasteiger partial charge < -0.3 is 10.2 Å². The van der Waals surface area contributed by atoms with Crippen molar-refractivity contribution in [1.82, 2.24) is 0 Å². The normalized spacial score (nSPS) is 55.4. The molecule has 5 rings (SSSR count). The summed E-state index contributed by atoms with van der Waals surface area (Å²) in [5.41, 5.74) is 1.16. The van der Waals surface area contributed by atoms with Gasteiger partial charge in [-0.3, -0.25) is 4.79 Å². The zero-order valence-corrected chi connectivity index (χ0v) is 22.4. The second kappa shape index (κ2) is 6.96. The number of carbonyl (C=O) groups is 1. The van der Waals surface area contributed by atoms with E-state index in [2.05, 4.69) is 61.5 Å². The molecule has 2 N–H and O–H groups in total. The molecule has 0 radical (unpaired) electrons. The number of aliphatic hydroxyl groups excluding tert-OH is 2. The van der Waals surface area contributed by atoms with Gasteiger partial charge >= 0.3 is 0 Å². The molecule has 186 valence electrons. The lowest BCUT2D eigenvalue weighted by molar-refractivity contribution is -0.196. The maximum absolute atomic E-state index is 12.9. The van der Waals surface area contributed by atoms with E-state index in [1.54, 1.807) is 0 Å². The van der Waals surface area contributed by atoms with E-state index in [9.17, 15) is 15.0 Å². The molecule has 0 unspecified atom stereocenters. The molecule has 3 nitrogen and oxygen atoms in total.